The van der Waals surface area contributed by atoms with Crippen molar-refractivity contribution in [2.24, 2.45) is 4.99 Å². The number of rotatable bonds is 5. The van der Waals surface area contributed by atoms with Crippen LogP contribution in [-0.4, -0.2) is 43.6 Å². The highest BCUT2D eigenvalue weighted by atomic mass is 15.3. The third-order valence-electron chi connectivity index (χ3n) is 2.90. The highest BCUT2D eigenvalue weighted by Gasteiger charge is 2.09. The first kappa shape index (κ1) is 16.5. The molecule has 0 radical (unpaired) electrons. The minimum Gasteiger partial charge on any atom is -0.355 e. The number of hydrogen-bond donors (Lipinski definition) is 2. The molecule has 0 unspecified atom stereocenters. The fourth-order valence-corrected chi connectivity index (χ4v) is 1.93. The zero-order valence-corrected chi connectivity index (χ0v) is 13.4. The first-order valence-electron chi connectivity index (χ1n) is 7.13. The Morgan fingerprint density at radius 2 is 1.80 bits per heavy atom. The van der Waals surface area contributed by atoms with Crippen LogP contribution < -0.4 is 10.6 Å². The Balaban J connectivity index is 2.38. The molecule has 0 aliphatic rings. The van der Waals surface area contributed by atoms with E-state index in [1.54, 1.807) is 0 Å². The van der Waals surface area contributed by atoms with Crippen molar-refractivity contribution in [3.8, 4) is 0 Å². The zero-order chi connectivity index (χ0) is 15.0. The molecule has 0 amide bonds. The summed E-state index contributed by atoms with van der Waals surface area (Å²) in [6, 6.07) is 10.4. The molecule has 0 bridgehead atoms. The second-order valence-electron chi connectivity index (χ2n) is 5.99. The third kappa shape index (κ3) is 6.57. The highest BCUT2D eigenvalue weighted by molar-refractivity contribution is 5.79. The second-order valence-corrected chi connectivity index (χ2v) is 5.99. The number of benzene rings is 1. The summed E-state index contributed by atoms with van der Waals surface area (Å²) in [6.07, 6.45) is 0. The van der Waals surface area contributed by atoms with Gasteiger partial charge in [0.1, 0.15) is 0 Å². The summed E-state index contributed by atoms with van der Waals surface area (Å²) >= 11 is 0. The molecular formula is C16H28N4. The zero-order valence-electron chi connectivity index (χ0n) is 13.4. The Kier molecular flexibility index (Phi) is 6.52. The van der Waals surface area contributed by atoms with E-state index in [9.17, 15) is 0 Å². The fraction of sp³-hybridized carbons (Fsp3) is 0.562. The summed E-state index contributed by atoms with van der Waals surface area (Å²) in [5, 5.41) is 6.83. The van der Waals surface area contributed by atoms with Gasteiger partial charge in [0, 0.05) is 39.3 Å². The van der Waals surface area contributed by atoms with Crippen LogP contribution in [0.15, 0.2) is 35.3 Å². The van der Waals surface area contributed by atoms with E-state index in [4.69, 9.17) is 0 Å². The van der Waals surface area contributed by atoms with Crippen molar-refractivity contribution in [3.05, 3.63) is 35.9 Å². The normalized spacial score (nSPS) is 12.3. The summed E-state index contributed by atoms with van der Waals surface area (Å²) in [4.78, 5) is 6.45. The molecule has 0 atom stereocenters. The van der Waals surface area contributed by atoms with Crippen molar-refractivity contribution in [1.29, 1.82) is 0 Å². The van der Waals surface area contributed by atoms with Gasteiger partial charge in [-0.05, 0) is 26.3 Å². The van der Waals surface area contributed by atoms with Gasteiger partial charge in [0.05, 0.1) is 0 Å². The molecule has 0 heterocycles. The minimum absolute atomic E-state index is 0.154. The summed E-state index contributed by atoms with van der Waals surface area (Å²) in [6.45, 7) is 9.15. The smallest absolute Gasteiger partial charge is 0.193 e. The van der Waals surface area contributed by atoms with Crippen molar-refractivity contribution in [2.45, 2.75) is 32.9 Å². The van der Waals surface area contributed by atoms with E-state index in [0.29, 0.717) is 0 Å². The average molecular weight is 276 g/mol. The standard InChI is InChI=1S/C16H28N4/c1-16(2,3)19-12-11-18-15(17-4)20(5)13-14-9-7-6-8-10-14/h6-10,19H,11-13H2,1-5H3,(H,17,18). The lowest BCUT2D eigenvalue weighted by Gasteiger charge is -2.24. The Morgan fingerprint density at radius 1 is 1.15 bits per heavy atom. The van der Waals surface area contributed by atoms with Gasteiger partial charge in [-0.2, -0.15) is 0 Å². The maximum absolute atomic E-state index is 4.32. The number of hydrogen-bond acceptors (Lipinski definition) is 2. The largest absolute Gasteiger partial charge is 0.355 e. The van der Waals surface area contributed by atoms with E-state index in [-0.39, 0.29) is 5.54 Å². The van der Waals surface area contributed by atoms with Gasteiger partial charge in [0.25, 0.3) is 0 Å². The van der Waals surface area contributed by atoms with Crippen molar-refractivity contribution >= 4 is 5.96 Å². The topological polar surface area (TPSA) is 39.7 Å². The van der Waals surface area contributed by atoms with Crippen molar-refractivity contribution in [2.75, 3.05) is 27.2 Å². The van der Waals surface area contributed by atoms with Gasteiger partial charge >= 0.3 is 0 Å². The highest BCUT2D eigenvalue weighted by Crippen LogP contribution is 2.02. The molecule has 0 fully saturated rings. The maximum atomic E-state index is 4.32. The van der Waals surface area contributed by atoms with Crippen LogP contribution in [-0.2, 0) is 6.54 Å². The summed E-state index contributed by atoms with van der Waals surface area (Å²) in [5.41, 5.74) is 1.44. The molecule has 0 saturated heterocycles. The SMILES string of the molecule is CN=C(NCCNC(C)(C)C)N(C)Cc1ccccc1. The van der Waals surface area contributed by atoms with Gasteiger partial charge < -0.3 is 15.5 Å². The van der Waals surface area contributed by atoms with Crippen molar-refractivity contribution in [3.63, 3.8) is 0 Å². The average Bonchev–Trinajstić information content (AvgIpc) is 2.38. The van der Waals surface area contributed by atoms with E-state index >= 15 is 0 Å². The molecule has 0 spiro atoms. The molecule has 0 aliphatic heterocycles. The molecule has 0 saturated carbocycles. The van der Waals surface area contributed by atoms with Crippen LogP contribution in [0.1, 0.15) is 26.3 Å². The monoisotopic (exact) mass is 276 g/mol. The van der Waals surface area contributed by atoms with Crippen LogP contribution in [0, 0.1) is 0 Å². The van der Waals surface area contributed by atoms with Gasteiger partial charge in [-0.25, -0.2) is 0 Å². The predicted octanol–water partition coefficient (Wildman–Crippen LogP) is 2.08. The molecule has 4 nitrogen and oxygen atoms in total. The van der Waals surface area contributed by atoms with E-state index in [2.05, 4.69) is 72.6 Å². The first-order valence-corrected chi connectivity index (χ1v) is 7.13. The Hall–Kier alpha value is -1.55. The molecule has 1 aromatic carbocycles. The lowest BCUT2D eigenvalue weighted by molar-refractivity contribution is 0.422. The van der Waals surface area contributed by atoms with E-state index in [1.807, 2.05) is 13.1 Å². The van der Waals surface area contributed by atoms with Gasteiger partial charge in [0.15, 0.2) is 5.96 Å². The molecule has 0 aliphatic carbocycles. The quantitative estimate of drug-likeness (QED) is 0.491. The van der Waals surface area contributed by atoms with Crippen LogP contribution in [0.5, 0.6) is 0 Å². The molecule has 20 heavy (non-hydrogen) atoms. The number of nitrogens with one attached hydrogen (secondary N) is 2. The molecule has 112 valence electrons. The molecule has 2 N–H and O–H groups in total. The van der Waals surface area contributed by atoms with Crippen molar-refractivity contribution < 1.29 is 0 Å². The van der Waals surface area contributed by atoms with E-state index in [1.165, 1.54) is 5.56 Å². The number of guanidine groups is 1. The Bertz CT molecular complexity index is 406. The molecule has 1 aromatic rings. The molecule has 1 rings (SSSR count). The van der Waals surface area contributed by atoms with Crippen LogP contribution in [0.25, 0.3) is 0 Å². The van der Waals surface area contributed by atoms with Crippen LogP contribution in [0.2, 0.25) is 0 Å². The van der Waals surface area contributed by atoms with Gasteiger partial charge in [-0.15, -0.1) is 0 Å². The third-order valence-corrected chi connectivity index (χ3v) is 2.90. The van der Waals surface area contributed by atoms with Crippen LogP contribution in [0.3, 0.4) is 0 Å². The van der Waals surface area contributed by atoms with Crippen molar-refractivity contribution in [1.82, 2.24) is 15.5 Å². The molecular weight excluding hydrogens is 248 g/mol. The Labute approximate surface area is 123 Å². The van der Waals surface area contributed by atoms with E-state index in [0.717, 1.165) is 25.6 Å². The van der Waals surface area contributed by atoms with Crippen LogP contribution in [0.4, 0.5) is 0 Å². The molecule has 0 aromatic heterocycles. The second kappa shape index (κ2) is 7.90. The summed E-state index contributed by atoms with van der Waals surface area (Å²) < 4.78 is 0. The first-order chi connectivity index (χ1) is 9.42. The lowest BCUT2D eigenvalue weighted by Crippen LogP contribution is -2.44. The van der Waals surface area contributed by atoms with Gasteiger partial charge in [-0.1, -0.05) is 30.3 Å². The van der Waals surface area contributed by atoms with E-state index < -0.39 is 0 Å². The summed E-state index contributed by atoms with van der Waals surface area (Å²) in [7, 11) is 3.88. The predicted molar refractivity (Wildman–Crippen MR) is 87.0 cm³/mol. The van der Waals surface area contributed by atoms with Crippen LogP contribution >= 0.6 is 0 Å². The molecule has 4 heteroatoms. The Morgan fingerprint density at radius 3 is 2.35 bits per heavy atom. The van der Waals surface area contributed by atoms with Gasteiger partial charge in [0.2, 0.25) is 0 Å². The minimum atomic E-state index is 0.154. The maximum Gasteiger partial charge on any atom is 0.193 e. The number of nitrogens with zero attached hydrogens (tertiary/aromatic N) is 2. The van der Waals surface area contributed by atoms with Gasteiger partial charge in [-0.3, -0.25) is 4.99 Å². The lowest BCUT2D eigenvalue weighted by atomic mass is 10.1. The summed E-state index contributed by atoms with van der Waals surface area (Å²) in [5.74, 6) is 0.921. The number of aliphatic imine (C=N–C) groups is 1. The fourth-order valence-electron chi connectivity index (χ4n) is 1.93.